The molecule has 4 nitrogen and oxygen atoms in total. The van der Waals surface area contributed by atoms with E-state index in [0.29, 0.717) is 5.56 Å². The SMILES string of the molecule is O=[N+]([O-])c1cc(Br)c(F)cc1OCc1cccc(F)c1Br. The smallest absolute Gasteiger partial charge is 0.312 e. The average molecular weight is 423 g/mol. The monoisotopic (exact) mass is 421 g/mol. The van der Waals surface area contributed by atoms with E-state index in [4.69, 9.17) is 4.74 Å². The highest BCUT2D eigenvalue weighted by Crippen LogP contribution is 2.33. The van der Waals surface area contributed by atoms with Gasteiger partial charge in [0.25, 0.3) is 0 Å². The lowest BCUT2D eigenvalue weighted by Crippen LogP contribution is -2.01. The zero-order valence-electron chi connectivity index (χ0n) is 10.3. The van der Waals surface area contributed by atoms with Crippen molar-refractivity contribution >= 4 is 37.5 Å². The Kier molecular flexibility index (Phi) is 4.89. The van der Waals surface area contributed by atoms with Gasteiger partial charge in [0.2, 0.25) is 0 Å². The molecule has 0 fully saturated rings. The predicted molar refractivity (Wildman–Crippen MR) is 79.2 cm³/mol. The topological polar surface area (TPSA) is 52.4 Å². The van der Waals surface area contributed by atoms with Gasteiger partial charge in [-0.25, -0.2) is 8.78 Å². The summed E-state index contributed by atoms with van der Waals surface area (Å²) < 4.78 is 32.2. The molecule has 0 heterocycles. The molecule has 0 bridgehead atoms. The van der Waals surface area contributed by atoms with E-state index in [1.165, 1.54) is 12.1 Å². The first kappa shape index (κ1) is 15.8. The number of hydrogen-bond donors (Lipinski definition) is 0. The summed E-state index contributed by atoms with van der Waals surface area (Å²) in [7, 11) is 0. The van der Waals surface area contributed by atoms with Gasteiger partial charge in [0.05, 0.1) is 13.9 Å². The van der Waals surface area contributed by atoms with Crippen molar-refractivity contribution in [2.45, 2.75) is 6.61 Å². The molecule has 2 aromatic carbocycles. The summed E-state index contributed by atoms with van der Waals surface area (Å²) in [5, 5.41) is 10.9. The van der Waals surface area contributed by atoms with E-state index >= 15 is 0 Å². The lowest BCUT2D eigenvalue weighted by Gasteiger charge is -2.09. The van der Waals surface area contributed by atoms with Crippen LogP contribution in [0.2, 0.25) is 0 Å². The Hall–Kier alpha value is -1.54. The zero-order chi connectivity index (χ0) is 15.6. The number of hydrogen-bond acceptors (Lipinski definition) is 3. The van der Waals surface area contributed by atoms with E-state index in [-0.39, 0.29) is 27.0 Å². The molecular weight excluding hydrogens is 416 g/mol. The maximum atomic E-state index is 13.5. The number of nitro benzene ring substituents is 1. The Morgan fingerprint density at radius 1 is 1.19 bits per heavy atom. The molecule has 0 saturated carbocycles. The molecule has 0 amide bonds. The molecule has 0 aliphatic carbocycles. The number of benzene rings is 2. The Balaban J connectivity index is 2.29. The summed E-state index contributed by atoms with van der Waals surface area (Å²) in [6.07, 6.45) is 0. The minimum atomic E-state index is -0.686. The Labute approximate surface area is 135 Å². The van der Waals surface area contributed by atoms with Crippen LogP contribution in [0.1, 0.15) is 5.56 Å². The molecule has 0 aliphatic rings. The van der Waals surface area contributed by atoms with Gasteiger partial charge in [-0.15, -0.1) is 0 Å². The van der Waals surface area contributed by atoms with Gasteiger partial charge in [-0.1, -0.05) is 12.1 Å². The van der Waals surface area contributed by atoms with Crippen LogP contribution in [0.15, 0.2) is 39.3 Å². The van der Waals surface area contributed by atoms with Gasteiger partial charge < -0.3 is 4.74 Å². The second-order valence-corrected chi connectivity index (χ2v) is 5.64. The third-order valence-electron chi connectivity index (χ3n) is 2.61. The molecule has 0 aliphatic heterocycles. The fourth-order valence-electron chi connectivity index (χ4n) is 1.59. The van der Waals surface area contributed by atoms with Gasteiger partial charge in [0.15, 0.2) is 5.75 Å². The lowest BCUT2D eigenvalue weighted by molar-refractivity contribution is -0.386. The molecule has 0 radical (unpaired) electrons. The van der Waals surface area contributed by atoms with E-state index in [2.05, 4.69) is 31.9 Å². The molecule has 0 N–H and O–H groups in total. The highest BCUT2D eigenvalue weighted by Gasteiger charge is 2.19. The average Bonchev–Trinajstić information content (AvgIpc) is 2.43. The summed E-state index contributed by atoms with van der Waals surface area (Å²) in [4.78, 5) is 10.3. The second-order valence-electron chi connectivity index (χ2n) is 3.99. The molecule has 21 heavy (non-hydrogen) atoms. The van der Waals surface area contributed by atoms with Crippen LogP contribution in [-0.4, -0.2) is 4.92 Å². The van der Waals surface area contributed by atoms with Gasteiger partial charge in [-0.2, -0.15) is 0 Å². The zero-order valence-corrected chi connectivity index (χ0v) is 13.4. The maximum absolute atomic E-state index is 13.5. The molecule has 2 aromatic rings. The molecule has 2 rings (SSSR count). The van der Waals surface area contributed by atoms with E-state index < -0.39 is 16.6 Å². The Morgan fingerprint density at radius 3 is 2.57 bits per heavy atom. The minimum absolute atomic E-state index is 0.0338. The number of nitrogens with zero attached hydrogens (tertiary/aromatic N) is 1. The van der Waals surface area contributed by atoms with Gasteiger partial charge in [0, 0.05) is 17.7 Å². The molecule has 8 heteroatoms. The summed E-state index contributed by atoms with van der Waals surface area (Å²) >= 11 is 5.93. The summed E-state index contributed by atoms with van der Waals surface area (Å²) in [6, 6.07) is 6.26. The van der Waals surface area contributed by atoms with Crippen molar-refractivity contribution in [2.75, 3.05) is 0 Å². The third-order valence-corrected chi connectivity index (χ3v) is 4.11. The normalized spacial score (nSPS) is 10.5. The van der Waals surface area contributed by atoms with Crippen molar-refractivity contribution in [3.05, 3.63) is 66.6 Å². The van der Waals surface area contributed by atoms with Crippen LogP contribution in [0.4, 0.5) is 14.5 Å². The van der Waals surface area contributed by atoms with E-state index in [1.807, 2.05) is 0 Å². The van der Waals surface area contributed by atoms with Crippen LogP contribution in [0.25, 0.3) is 0 Å². The fraction of sp³-hybridized carbons (Fsp3) is 0.0769. The van der Waals surface area contributed by atoms with Crippen LogP contribution in [0, 0.1) is 21.7 Å². The minimum Gasteiger partial charge on any atom is -0.482 e. The highest BCUT2D eigenvalue weighted by molar-refractivity contribution is 9.10. The van der Waals surface area contributed by atoms with E-state index in [9.17, 15) is 18.9 Å². The number of nitro groups is 1. The molecule has 0 aromatic heterocycles. The first-order valence-corrected chi connectivity index (χ1v) is 7.18. The number of halogens is 4. The van der Waals surface area contributed by atoms with Crippen LogP contribution in [0.5, 0.6) is 5.75 Å². The van der Waals surface area contributed by atoms with Gasteiger partial charge in [-0.3, -0.25) is 10.1 Å². The molecule has 0 atom stereocenters. The van der Waals surface area contributed by atoms with Gasteiger partial charge in [-0.05, 0) is 37.9 Å². The van der Waals surface area contributed by atoms with Crippen molar-refractivity contribution in [3.8, 4) is 5.75 Å². The van der Waals surface area contributed by atoms with Crippen molar-refractivity contribution in [1.29, 1.82) is 0 Å². The summed E-state index contributed by atoms with van der Waals surface area (Å²) in [6.45, 7) is -0.139. The Bertz CT molecular complexity index is 710. The summed E-state index contributed by atoms with van der Waals surface area (Å²) in [5.41, 5.74) is 0.0726. The Morgan fingerprint density at radius 2 is 1.90 bits per heavy atom. The van der Waals surface area contributed by atoms with Crippen LogP contribution < -0.4 is 4.74 Å². The largest absolute Gasteiger partial charge is 0.482 e. The molecule has 0 unspecified atom stereocenters. The predicted octanol–water partition coefficient (Wildman–Crippen LogP) is 4.98. The van der Waals surface area contributed by atoms with Crippen LogP contribution >= 0.6 is 31.9 Å². The molecule has 110 valence electrons. The maximum Gasteiger partial charge on any atom is 0.312 e. The summed E-state index contributed by atoms with van der Waals surface area (Å²) in [5.74, 6) is -1.39. The first-order valence-electron chi connectivity index (χ1n) is 5.59. The van der Waals surface area contributed by atoms with Crippen molar-refractivity contribution in [2.24, 2.45) is 0 Å². The number of ether oxygens (including phenoxy) is 1. The van der Waals surface area contributed by atoms with Crippen LogP contribution in [0.3, 0.4) is 0 Å². The fourth-order valence-corrected chi connectivity index (χ4v) is 2.30. The molecule has 0 spiro atoms. The first-order chi connectivity index (χ1) is 9.90. The van der Waals surface area contributed by atoms with Gasteiger partial charge >= 0.3 is 5.69 Å². The van der Waals surface area contributed by atoms with Crippen molar-refractivity contribution in [3.63, 3.8) is 0 Å². The van der Waals surface area contributed by atoms with Crippen LogP contribution in [-0.2, 0) is 6.61 Å². The quantitative estimate of drug-likeness (QED) is 0.515. The lowest BCUT2D eigenvalue weighted by atomic mass is 10.2. The molecule has 0 saturated heterocycles. The van der Waals surface area contributed by atoms with Gasteiger partial charge in [0.1, 0.15) is 18.2 Å². The van der Waals surface area contributed by atoms with Crippen molar-refractivity contribution in [1.82, 2.24) is 0 Å². The molecular formula is C13H7Br2F2NO3. The van der Waals surface area contributed by atoms with E-state index in [0.717, 1.165) is 12.1 Å². The third kappa shape index (κ3) is 3.56. The standard InChI is InChI=1S/C13H7Br2F2NO3/c14-8-4-11(18(19)20)12(5-10(8)17)21-6-7-2-1-3-9(16)13(7)15/h1-5H,6H2. The highest BCUT2D eigenvalue weighted by atomic mass is 79.9. The number of rotatable bonds is 4. The van der Waals surface area contributed by atoms with E-state index in [1.54, 1.807) is 6.07 Å². The second kappa shape index (κ2) is 6.48. The van der Waals surface area contributed by atoms with Crippen molar-refractivity contribution < 1.29 is 18.4 Å².